The third-order valence-electron chi connectivity index (χ3n) is 2.75. The number of hydrogen-bond acceptors (Lipinski definition) is 1. The van der Waals surface area contributed by atoms with E-state index in [0.29, 0.717) is 0 Å². The van der Waals surface area contributed by atoms with Crippen molar-refractivity contribution in [3.8, 4) is 0 Å². The molecular weight excluding hydrogens is 122 g/mol. The molecule has 0 N–H and O–H groups in total. The minimum Gasteiger partial charge on any atom is -0.294 e. The highest BCUT2D eigenvalue weighted by Gasteiger charge is 2.21. The summed E-state index contributed by atoms with van der Waals surface area (Å²) in [7, 11) is 0. The molecule has 0 spiro atoms. The summed E-state index contributed by atoms with van der Waals surface area (Å²) in [6.07, 6.45) is 8.38. The van der Waals surface area contributed by atoms with E-state index in [1.165, 1.54) is 38.5 Å². The molecule has 1 atom stereocenters. The van der Waals surface area contributed by atoms with Crippen molar-refractivity contribution < 1.29 is 0 Å². The summed E-state index contributed by atoms with van der Waals surface area (Å²) in [5.41, 5.74) is 1.55. The maximum Gasteiger partial charge on any atom is 0.0395 e. The summed E-state index contributed by atoms with van der Waals surface area (Å²) < 4.78 is 0. The number of nitrogens with zero attached hydrogens (tertiary/aromatic N) is 1. The lowest BCUT2D eigenvalue weighted by atomic mass is 9.98. The molecular formula is C9H15N. The molecule has 1 aliphatic carbocycles. The van der Waals surface area contributed by atoms with Crippen LogP contribution < -0.4 is 0 Å². The van der Waals surface area contributed by atoms with Crippen LogP contribution in [0, 0.1) is 5.92 Å². The Labute approximate surface area is 62.5 Å². The van der Waals surface area contributed by atoms with E-state index in [-0.39, 0.29) is 0 Å². The van der Waals surface area contributed by atoms with Gasteiger partial charge in [0.15, 0.2) is 0 Å². The highest BCUT2D eigenvalue weighted by atomic mass is 14.8. The Bertz CT molecular complexity index is 149. The topological polar surface area (TPSA) is 12.4 Å². The second kappa shape index (κ2) is 2.73. The van der Waals surface area contributed by atoms with Gasteiger partial charge in [-0.05, 0) is 31.6 Å². The van der Waals surface area contributed by atoms with Crippen LogP contribution in [0.25, 0.3) is 0 Å². The summed E-state index contributed by atoms with van der Waals surface area (Å²) in [5.74, 6) is 0.905. The zero-order chi connectivity index (χ0) is 6.81. The van der Waals surface area contributed by atoms with Gasteiger partial charge < -0.3 is 0 Å². The Balaban J connectivity index is 2.06. The van der Waals surface area contributed by atoms with E-state index in [0.717, 1.165) is 12.5 Å². The van der Waals surface area contributed by atoms with E-state index in [9.17, 15) is 0 Å². The van der Waals surface area contributed by atoms with Crippen LogP contribution in [0.1, 0.15) is 38.5 Å². The number of hydrogen-bond donors (Lipinski definition) is 0. The summed E-state index contributed by atoms with van der Waals surface area (Å²) in [6.45, 7) is 1.12. The van der Waals surface area contributed by atoms with Crippen LogP contribution in [0.5, 0.6) is 0 Å². The molecule has 2 aliphatic rings. The number of aliphatic imine (C=N–C) groups is 1. The van der Waals surface area contributed by atoms with Gasteiger partial charge in [0.05, 0.1) is 0 Å². The second-order valence-corrected chi connectivity index (χ2v) is 3.46. The second-order valence-electron chi connectivity index (χ2n) is 3.46. The Hall–Kier alpha value is -0.330. The monoisotopic (exact) mass is 137 g/mol. The van der Waals surface area contributed by atoms with Gasteiger partial charge in [-0.2, -0.15) is 0 Å². The lowest BCUT2D eigenvalue weighted by Gasteiger charge is -2.06. The van der Waals surface area contributed by atoms with E-state index < -0.39 is 0 Å². The van der Waals surface area contributed by atoms with Crippen LogP contribution in [0.2, 0.25) is 0 Å². The van der Waals surface area contributed by atoms with Crippen LogP contribution in [-0.4, -0.2) is 12.3 Å². The SMILES string of the molecule is C1CCC2=NCCC2CC1. The van der Waals surface area contributed by atoms with E-state index in [1.807, 2.05) is 0 Å². The lowest BCUT2D eigenvalue weighted by Crippen LogP contribution is -2.06. The molecule has 0 radical (unpaired) electrons. The number of rotatable bonds is 0. The summed E-state index contributed by atoms with van der Waals surface area (Å²) in [5, 5.41) is 0. The van der Waals surface area contributed by atoms with Gasteiger partial charge in [-0.25, -0.2) is 0 Å². The minimum absolute atomic E-state index is 0.905. The Morgan fingerprint density at radius 3 is 3.10 bits per heavy atom. The molecule has 1 unspecified atom stereocenters. The first-order chi connectivity index (χ1) is 4.97. The molecule has 1 heterocycles. The maximum absolute atomic E-state index is 4.53. The molecule has 0 aromatic rings. The molecule has 0 saturated heterocycles. The molecule has 1 aliphatic heterocycles. The Morgan fingerprint density at radius 1 is 1.10 bits per heavy atom. The molecule has 1 heteroatoms. The highest BCUT2D eigenvalue weighted by Crippen LogP contribution is 2.27. The van der Waals surface area contributed by atoms with Crippen LogP contribution in [0.4, 0.5) is 0 Å². The maximum atomic E-state index is 4.53. The van der Waals surface area contributed by atoms with Gasteiger partial charge in [0.25, 0.3) is 0 Å². The fraction of sp³-hybridized carbons (Fsp3) is 0.889. The predicted molar refractivity (Wildman–Crippen MR) is 43.5 cm³/mol. The number of fused-ring (bicyclic) bond motifs is 1. The zero-order valence-corrected chi connectivity index (χ0v) is 6.47. The van der Waals surface area contributed by atoms with Crippen LogP contribution in [0.15, 0.2) is 4.99 Å². The fourth-order valence-electron chi connectivity index (χ4n) is 2.13. The summed E-state index contributed by atoms with van der Waals surface area (Å²) >= 11 is 0. The molecule has 10 heavy (non-hydrogen) atoms. The molecule has 0 amide bonds. The van der Waals surface area contributed by atoms with Gasteiger partial charge in [-0.1, -0.05) is 12.8 Å². The van der Waals surface area contributed by atoms with Crippen LogP contribution in [0.3, 0.4) is 0 Å². The van der Waals surface area contributed by atoms with Crippen molar-refractivity contribution in [2.45, 2.75) is 38.5 Å². The van der Waals surface area contributed by atoms with Gasteiger partial charge in [-0.15, -0.1) is 0 Å². The lowest BCUT2D eigenvalue weighted by molar-refractivity contribution is 0.582. The summed E-state index contributed by atoms with van der Waals surface area (Å²) in [4.78, 5) is 4.53. The molecule has 1 saturated carbocycles. The van der Waals surface area contributed by atoms with Crippen molar-refractivity contribution in [1.29, 1.82) is 0 Å². The van der Waals surface area contributed by atoms with Gasteiger partial charge in [-0.3, -0.25) is 4.99 Å². The smallest absolute Gasteiger partial charge is 0.0395 e. The van der Waals surface area contributed by atoms with Crippen LogP contribution >= 0.6 is 0 Å². The average molecular weight is 137 g/mol. The average Bonchev–Trinajstić information content (AvgIpc) is 2.28. The minimum atomic E-state index is 0.905. The first-order valence-corrected chi connectivity index (χ1v) is 4.50. The standard InChI is InChI=1S/C9H15N/c1-2-4-8-6-7-10-9(8)5-3-1/h8H,1-7H2. The van der Waals surface area contributed by atoms with Crippen molar-refractivity contribution in [2.75, 3.05) is 6.54 Å². The third-order valence-corrected chi connectivity index (χ3v) is 2.75. The van der Waals surface area contributed by atoms with Gasteiger partial charge >= 0.3 is 0 Å². The predicted octanol–water partition coefficient (Wildman–Crippen LogP) is 2.41. The molecule has 0 bridgehead atoms. The molecule has 1 fully saturated rings. The first-order valence-electron chi connectivity index (χ1n) is 4.50. The van der Waals surface area contributed by atoms with E-state index >= 15 is 0 Å². The molecule has 0 aromatic heterocycles. The molecule has 1 nitrogen and oxygen atoms in total. The molecule has 0 aromatic carbocycles. The Morgan fingerprint density at radius 2 is 2.10 bits per heavy atom. The quantitative estimate of drug-likeness (QED) is 0.486. The first kappa shape index (κ1) is 6.38. The van der Waals surface area contributed by atoms with Crippen LogP contribution in [-0.2, 0) is 0 Å². The zero-order valence-electron chi connectivity index (χ0n) is 6.47. The van der Waals surface area contributed by atoms with Crippen molar-refractivity contribution >= 4 is 5.71 Å². The largest absolute Gasteiger partial charge is 0.294 e. The molecule has 56 valence electrons. The fourth-order valence-corrected chi connectivity index (χ4v) is 2.13. The Kier molecular flexibility index (Phi) is 1.74. The third kappa shape index (κ3) is 1.09. The van der Waals surface area contributed by atoms with Gasteiger partial charge in [0.2, 0.25) is 0 Å². The van der Waals surface area contributed by atoms with E-state index in [4.69, 9.17) is 0 Å². The van der Waals surface area contributed by atoms with Crippen molar-refractivity contribution in [3.05, 3.63) is 0 Å². The molecule has 2 rings (SSSR count). The van der Waals surface area contributed by atoms with E-state index in [1.54, 1.807) is 5.71 Å². The normalized spacial score (nSPS) is 32.8. The van der Waals surface area contributed by atoms with Crippen molar-refractivity contribution in [2.24, 2.45) is 10.9 Å². The highest BCUT2D eigenvalue weighted by molar-refractivity contribution is 5.88. The van der Waals surface area contributed by atoms with Gasteiger partial charge in [0, 0.05) is 12.3 Å². The van der Waals surface area contributed by atoms with Crippen molar-refractivity contribution in [3.63, 3.8) is 0 Å². The van der Waals surface area contributed by atoms with E-state index in [2.05, 4.69) is 4.99 Å². The van der Waals surface area contributed by atoms with Crippen molar-refractivity contribution in [1.82, 2.24) is 0 Å². The van der Waals surface area contributed by atoms with Gasteiger partial charge in [0.1, 0.15) is 0 Å². The summed E-state index contributed by atoms with van der Waals surface area (Å²) in [6, 6.07) is 0.